The highest BCUT2D eigenvalue weighted by molar-refractivity contribution is 9.10. The Labute approximate surface area is 200 Å². The van der Waals surface area contributed by atoms with Crippen LogP contribution < -0.4 is 14.8 Å². The maximum atomic E-state index is 12.5. The number of nitrogens with one attached hydrogen (secondary N) is 1. The predicted molar refractivity (Wildman–Crippen MR) is 130 cm³/mol. The van der Waals surface area contributed by atoms with Crippen molar-refractivity contribution in [2.75, 3.05) is 11.9 Å². The van der Waals surface area contributed by atoms with Gasteiger partial charge in [0.2, 0.25) is 0 Å². The number of ether oxygens (including phenoxy) is 2. The molecular formula is C25H20BrClN2O3. The first-order chi connectivity index (χ1) is 15.5. The van der Waals surface area contributed by atoms with E-state index in [-0.39, 0.29) is 5.57 Å². The van der Waals surface area contributed by atoms with Gasteiger partial charge in [-0.25, -0.2) is 0 Å². The first-order valence-electron chi connectivity index (χ1n) is 9.82. The Balaban J connectivity index is 1.79. The average Bonchev–Trinajstić information content (AvgIpc) is 2.78. The highest BCUT2D eigenvalue weighted by Gasteiger charge is 2.12. The number of benzene rings is 3. The van der Waals surface area contributed by atoms with Crippen molar-refractivity contribution in [2.45, 2.75) is 13.5 Å². The van der Waals surface area contributed by atoms with Crippen molar-refractivity contribution in [3.05, 3.63) is 92.9 Å². The maximum absolute atomic E-state index is 12.5. The summed E-state index contributed by atoms with van der Waals surface area (Å²) in [5, 5.41) is 12.7. The van der Waals surface area contributed by atoms with Gasteiger partial charge < -0.3 is 14.8 Å². The molecule has 0 heterocycles. The summed E-state index contributed by atoms with van der Waals surface area (Å²) in [6, 6.07) is 21.7. The Morgan fingerprint density at radius 1 is 1.09 bits per heavy atom. The fraction of sp³-hybridized carbons (Fsp3) is 0.120. The van der Waals surface area contributed by atoms with Gasteiger partial charge in [-0.15, -0.1) is 0 Å². The van der Waals surface area contributed by atoms with Gasteiger partial charge in [-0.05, 0) is 55.0 Å². The smallest absolute Gasteiger partial charge is 0.266 e. The first kappa shape index (κ1) is 23.4. The SMILES string of the molecule is CCOc1cc(/C=C(\C#N)C(=O)Nc2cccc(Cl)c2)ccc1OCc1ccccc1Br. The molecule has 0 radical (unpaired) electrons. The van der Waals surface area contributed by atoms with Crippen LogP contribution in [0.15, 0.2) is 76.8 Å². The van der Waals surface area contributed by atoms with Gasteiger partial charge >= 0.3 is 0 Å². The molecule has 1 amide bonds. The molecule has 0 fully saturated rings. The van der Waals surface area contributed by atoms with Crippen molar-refractivity contribution in [3.8, 4) is 17.6 Å². The van der Waals surface area contributed by atoms with E-state index in [9.17, 15) is 10.1 Å². The lowest BCUT2D eigenvalue weighted by Gasteiger charge is -2.13. The van der Waals surface area contributed by atoms with Gasteiger partial charge in [0, 0.05) is 20.7 Å². The van der Waals surface area contributed by atoms with Crippen molar-refractivity contribution in [1.82, 2.24) is 0 Å². The Bertz CT molecular complexity index is 1190. The molecule has 0 aliphatic heterocycles. The topological polar surface area (TPSA) is 71.3 Å². The summed E-state index contributed by atoms with van der Waals surface area (Å²) in [4.78, 5) is 12.5. The lowest BCUT2D eigenvalue weighted by atomic mass is 10.1. The second-order valence-corrected chi connectivity index (χ2v) is 7.94. The van der Waals surface area contributed by atoms with E-state index in [4.69, 9.17) is 21.1 Å². The second kappa shape index (κ2) is 11.4. The number of carbonyl (C=O) groups excluding carboxylic acids is 1. The van der Waals surface area contributed by atoms with Crippen LogP contribution in [0.25, 0.3) is 6.08 Å². The van der Waals surface area contributed by atoms with Gasteiger partial charge in [0.25, 0.3) is 5.91 Å². The maximum Gasteiger partial charge on any atom is 0.266 e. The molecular weight excluding hydrogens is 492 g/mol. The van der Waals surface area contributed by atoms with Crippen molar-refractivity contribution >= 4 is 45.2 Å². The minimum atomic E-state index is -0.526. The number of nitriles is 1. The highest BCUT2D eigenvalue weighted by atomic mass is 79.9. The number of halogens is 2. The van der Waals surface area contributed by atoms with E-state index in [2.05, 4.69) is 21.2 Å². The molecule has 0 spiro atoms. The molecule has 0 aliphatic carbocycles. The molecule has 0 aliphatic rings. The van der Waals surface area contributed by atoms with Gasteiger partial charge in [0.05, 0.1) is 6.61 Å². The summed E-state index contributed by atoms with van der Waals surface area (Å²) >= 11 is 9.46. The van der Waals surface area contributed by atoms with E-state index in [1.807, 2.05) is 37.3 Å². The molecule has 0 bridgehead atoms. The molecule has 0 saturated carbocycles. The zero-order valence-electron chi connectivity index (χ0n) is 17.3. The number of carbonyl (C=O) groups is 1. The van der Waals surface area contributed by atoms with Gasteiger partial charge in [-0.2, -0.15) is 5.26 Å². The van der Waals surface area contributed by atoms with Gasteiger partial charge in [-0.1, -0.05) is 57.9 Å². The number of amides is 1. The summed E-state index contributed by atoms with van der Waals surface area (Å²) in [6.07, 6.45) is 1.50. The van der Waals surface area contributed by atoms with Crippen molar-refractivity contribution in [3.63, 3.8) is 0 Å². The number of hydrogen-bond acceptors (Lipinski definition) is 4. The second-order valence-electron chi connectivity index (χ2n) is 6.65. The van der Waals surface area contributed by atoms with Crippen LogP contribution in [-0.4, -0.2) is 12.5 Å². The third-order valence-corrected chi connectivity index (χ3v) is 5.38. The number of nitrogens with zero attached hydrogens (tertiary/aromatic N) is 1. The Hall–Kier alpha value is -3.27. The van der Waals surface area contributed by atoms with E-state index in [1.54, 1.807) is 42.5 Å². The lowest BCUT2D eigenvalue weighted by Crippen LogP contribution is -2.13. The summed E-state index contributed by atoms with van der Waals surface area (Å²) in [6.45, 7) is 2.68. The van der Waals surface area contributed by atoms with Crippen molar-refractivity contribution in [2.24, 2.45) is 0 Å². The molecule has 32 heavy (non-hydrogen) atoms. The third kappa shape index (κ3) is 6.36. The third-order valence-electron chi connectivity index (χ3n) is 4.37. The molecule has 7 heteroatoms. The zero-order valence-corrected chi connectivity index (χ0v) is 19.6. The summed E-state index contributed by atoms with van der Waals surface area (Å²) in [5.41, 5.74) is 2.10. The van der Waals surface area contributed by atoms with Gasteiger partial charge in [0.15, 0.2) is 11.5 Å². The van der Waals surface area contributed by atoms with E-state index in [1.165, 1.54) is 6.08 Å². The molecule has 0 atom stereocenters. The monoisotopic (exact) mass is 510 g/mol. The standard InChI is InChI=1S/C25H20BrClN2O3/c1-2-31-24-13-17(10-11-23(24)32-16-18-6-3-4-9-22(18)26)12-19(15-28)25(30)29-21-8-5-7-20(27)14-21/h3-14H,2,16H2,1H3,(H,29,30)/b19-12+. The summed E-state index contributed by atoms with van der Waals surface area (Å²) < 4.78 is 12.6. The summed E-state index contributed by atoms with van der Waals surface area (Å²) in [5.74, 6) is 0.574. The van der Waals surface area contributed by atoms with Crippen LogP contribution in [-0.2, 0) is 11.4 Å². The Kier molecular flexibility index (Phi) is 8.32. The fourth-order valence-electron chi connectivity index (χ4n) is 2.85. The Morgan fingerprint density at radius 2 is 1.91 bits per heavy atom. The first-order valence-corrected chi connectivity index (χ1v) is 11.0. The minimum Gasteiger partial charge on any atom is -0.490 e. The van der Waals surface area contributed by atoms with Crippen LogP contribution in [0.5, 0.6) is 11.5 Å². The van der Waals surface area contributed by atoms with E-state index in [0.717, 1.165) is 10.0 Å². The molecule has 0 saturated heterocycles. The lowest BCUT2D eigenvalue weighted by molar-refractivity contribution is -0.112. The van der Waals surface area contributed by atoms with Crippen molar-refractivity contribution in [1.29, 1.82) is 5.26 Å². The van der Waals surface area contributed by atoms with Gasteiger partial charge in [-0.3, -0.25) is 4.79 Å². The molecule has 162 valence electrons. The molecule has 0 unspecified atom stereocenters. The fourth-order valence-corrected chi connectivity index (χ4v) is 3.44. The summed E-state index contributed by atoms with van der Waals surface area (Å²) in [7, 11) is 0. The molecule has 1 N–H and O–H groups in total. The van der Waals surface area contributed by atoms with Crippen molar-refractivity contribution < 1.29 is 14.3 Å². The normalized spacial score (nSPS) is 10.9. The molecule has 0 aromatic heterocycles. The molecule has 3 rings (SSSR count). The minimum absolute atomic E-state index is 0.0469. The van der Waals surface area contributed by atoms with Crippen LogP contribution in [0, 0.1) is 11.3 Å². The quantitative estimate of drug-likeness (QED) is 0.272. The van der Waals surface area contributed by atoms with E-state index in [0.29, 0.717) is 41.0 Å². The van der Waals surface area contributed by atoms with Crippen LogP contribution in [0.4, 0.5) is 5.69 Å². The predicted octanol–water partition coefficient (Wildman–Crippen LogP) is 6.63. The van der Waals surface area contributed by atoms with Crippen LogP contribution >= 0.6 is 27.5 Å². The number of rotatable bonds is 8. The van der Waals surface area contributed by atoms with Crippen LogP contribution in [0.1, 0.15) is 18.1 Å². The van der Waals surface area contributed by atoms with E-state index >= 15 is 0 Å². The highest BCUT2D eigenvalue weighted by Crippen LogP contribution is 2.31. The number of hydrogen-bond donors (Lipinski definition) is 1. The van der Waals surface area contributed by atoms with Crippen LogP contribution in [0.3, 0.4) is 0 Å². The molecule has 5 nitrogen and oxygen atoms in total. The molecule has 3 aromatic rings. The Morgan fingerprint density at radius 3 is 2.62 bits per heavy atom. The molecule has 3 aromatic carbocycles. The largest absolute Gasteiger partial charge is 0.490 e. The van der Waals surface area contributed by atoms with Gasteiger partial charge in [0.1, 0.15) is 18.2 Å². The number of anilines is 1. The van der Waals surface area contributed by atoms with Crippen LogP contribution in [0.2, 0.25) is 5.02 Å². The zero-order chi connectivity index (χ0) is 22.9. The van der Waals surface area contributed by atoms with E-state index < -0.39 is 5.91 Å². The average molecular weight is 512 g/mol.